The lowest BCUT2D eigenvalue weighted by Crippen LogP contribution is -2.24. The van der Waals surface area contributed by atoms with Crippen molar-refractivity contribution >= 4 is 27.7 Å². The average molecular weight is 384 g/mol. The van der Waals surface area contributed by atoms with Gasteiger partial charge in [-0.25, -0.2) is 4.98 Å². The van der Waals surface area contributed by atoms with E-state index >= 15 is 0 Å². The van der Waals surface area contributed by atoms with E-state index in [1.807, 2.05) is 41.0 Å². The van der Waals surface area contributed by atoms with Crippen molar-refractivity contribution < 1.29 is 9.90 Å². The molecule has 0 radical (unpaired) electrons. The standard InChI is InChI=1S/C18H14BrN3O2/c19-14-3-1-2-4-15(14)22-10-20-17-13(9-16(24)21-18(17)22)11-5-7-12(23)8-6-11/h1-8,10,13,23H,9H2,(H,21,24). The minimum atomic E-state index is -0.127. The van der Waals surface area contributed by atoms with Gasteiger partial charge in [-0.05, 0) is 45.8 Å². The predicted octanol–water partition coefficient (Wildman–Crippen LogP) is 3.81. The van der Waals surface area contributed by atoms with E-state index in [9.17, 15) is 9.90 Å². The van der Waals surface area contributed by atoms with Gasteiger partial charge in [-0.2, -0.15) is 0 Å². The Morgan fingerprint density at radius 3 is 2.67 bits per heavy atom. The Balaban J connectivity index is 1.83. The molecule has 4 rings (SSSR count). The van der Waals surface area contributed by atoms with Crippen molar-refractivity contribution in [2.45, 2.75) is 12.3 Å². The lowest BCUT2D eigenvalue weighted by atomic mass is 9.90. The molecule has 3 aromatic rings. The molecule has 1 aromatic heterocycles. The molecule has 6 heteroatoms. The number of hydrogen-bond acceptors (Lipinski definition) is 3. The molecule has 5 nitrogen and oxygen atoms in total. The van der Waals surface area contributed by atoms with Crippen LogP contribution >= 0.6 is 15.9 Å². The summed E-state index contributed by atoms with van der Waals surface area (Å²) in [5.74, 6) is 0.724. The summed E-state index contributed by atoms with van der Waals surface area (Å²) in [6, 6.07) is 14.7. The SMILES string of the molecule is O=C1CC(c2ccc(O)cc2)c2ncn(-c3ccccc3Br)c2N1. The van der Waals surface area contributed by atoms with Gasteiger partial charge < -0.3 is 10.4 Å². The second-order valence-corrected chi connectivity index (χ2v) is 6.55. The lowest BCUT2D eigenvalue weighted by Gasteiger charge is -2.23. The molecule has 0 saturated carbocycles. The molecule has 1 aliphatic heterocycles. The Kier molecular flexibility index (Phi) is 3.61. The molecular weight excluding hydrogens is 370 g/mol. The summed E-state index contributed by atoms with van der Waals surface area (Å²) in [4.78, 5) is 16.8. The number of halogens is 1. The molecular formula is C18H14BrN3O2. The van der Waals surface area contributed by atoms with E-state index in [4.69, 9.17) is 0 Å². The maximum Gasteiger partial charge on any atom is 0.226 e. The minimum Gasteiger partial charge on any atom is -0.508 e. The van der Waals surface area contributed by atoms with Gasteiger partial charge in [0, 0.05) is 16.8 Å². The number of aromatic hydroxyl groups is 1. The lowest BCUT2D eigenvalue weighted by molar-refractivity contribution is -0.116. The Labute approximate surface area is 147 Å². The fourth-order valence-electron chi connectivity index (χ4n) is 3.02. The predicted molar refractivity (Wildman–Crippen MR) is 94.5 cm³/mol. The Morgan fingerprint density at radius 2 is 1.92 bits per heavy atom. The number of aromatic nitrogens is 2. The number of imidazole rings is 1. The number of phenolic OH excluding ortho intramolecular Hbond substituents is 1. The van der Waals surface area contributed by atoms with Crippen LogP contribution in [0.2, 0.25) is 0 Å². The maximum atomic E-state index is 12.2. The molecule has 0 aliphatic carbocycles. The number of nitrogens with one attached hydrogen (secondary N) is 1. The van der Waals surface area contributed by atoms with Crippen LogP contribution in [0, 0.1) is 0 Å². The van der Waals surface area contributed by atoms with E-state index in [-0.39, 0.29) is 17.6 Å². The number of para-hydroxylation sites is 1. The molecule has 120 valence electrons. The smallest absolute Gasteiger partial charge is 0.226 e. The van der Waals surface area contributed by atoms with Crippen LogP contribution in [0.3, 0.4) is 0 Å². The second kappa shape index (κ2) is 5.79. The summed E-state index contributed by atoms with van der Waals surface area (Å²) >= 11 is 3.54. The van der Waals surface area contributed by atoms with Crippen LogP contribution in [0.25, 0.3) is 5.69 Å². The number of carbonyl (C=O) groups is 1. The van der Waals surface area contributed by atoms with Gasteiger partial charge >= 0.3 is 0 Å². The number of nitrogens with zero attached hydrogens (tertiary/aromatic N) is 2. The fourth-order valence-corrected chi connectivity index (χ4v) is 3.49. The van der Waals surface area contributed by atoms with E-state index in [1.54, 1.807) is 18.5 Å². The molecule has 1 amide bonds. The van der Waals surface area contributed by atoms with E-state index in [2.05, 4.69) is 26.2 Å². The first-order valence-corrected chi connectivity index (χ1v) is 8.33. The van der Waals surface area contributed by atoms with Crippen molar-refractivity contribution in [3.63, 3.8) is 0 Å². The summed E-state index contributed by atoms with van der Waals surface area (Å²) in [5, 5.41) is 12.4. The largest absolute Gasteiger partial charge is 0.508 e. The van der Waals surface area contributed by atoms with Gasteiger partial charge in [0.2, 0.25) is 5.91 Å². The topological polar surface area (TPSA) is 67.1 Å². The van der Waals surface area contributed by atoms with Crippen molar-refractivity contribution in [1.82, 2.24) is 9.55 Å². The molecule has 2 aromatic carbocycles. The Bertz CT molecular complexity index is 918. The van der Waals surface area contributed by atoms with Crippen molar-refractivity contribution in [3.05, 3.63) is 70.6 Å². The van der Waals surface area contributed by atoms with Crippen LogP contribution < -0.4 is 5.32 Å². The highest BCUT2D eigenvalue weighted by Gasteiger charge is 2.31. The first-order valence-electron chi connectivity index (χ1n) is 7.54. The highest BCUT2D eigenvalue weighted by molar-refractivity contribution is 9.10. The first-order chi connectivity index (χ1) is 11.6. The quantitative estimate of drug-likeness (QED) is 0.706. The van der Waals surface area contributed by atoms with E-state index in [1.165, 1.54) is 0 Å². The number of benzene rings is 2. The summed E-state index contributed by atoms with van der Waals surface area (Å²) in [5.41, 5.74) is 2.70. The number of carbonyl (C=O) groups excluding carboxylic acids is 1. The Hall–Kier alpha value is -2.60. The number of amides is 1. The van der Waals surface area contributed by atoms with Crippen molar-refractivity contribution in [1.29, 1.82) is 0 Å². The minimum absolute atomic E-state index is 0.0469. The average Bonchev–Trinajstić information content (AvgIpc) is 2.99. The number of fused-ring (bicyclic) bond motifs is 1. The van der Waals surface area contributed by atoms with Crippen LogP contribution in [0.1, 0.15) is 23.6 Å². The van der Waals surface area contributed by atoms with Crippen LogP contribution in [-0.4, -0.2) is 20.6 Å². The molecule has 2 N–H and O–H groups in total. The van der Waals surface area contributed by atoms with Gasteiger partial charge in [-0.3, -0.25) is 9.36 Å². The summed E-state index contributed by atoms with van der Waals surface area (Å²) in [6.07, 6.45) is 2.06. The van der Waals surface area contributed by atoms with Crippen molar-refractivity contribution in [2.75, 3.05) is 5.32 Å². The van der Waals surface area contributed by atoms with Gasteiger partial charge in [-0.15, -0.1) is 0 Å². The third-order valence-corrected chi connectivity index (χ3v) is 4.85. The second-order valence-electron chi connectivity index (χ2n) is 5.70. The van der Waals surface area contributed by atoms with Crippen LogP contribution in [0.15, 0.2) is 59.3 Å². The van der Waals surface area contributed by atoms with E-state index in [0.717, 1.165) is 21.4 Å². The number of phenols is 1. The molecule has 0 fully saturated rings. The van der Waals surface area contributed by atoms with E-state index in [0.29, 0.717) is 12.2 Å². The summed E-state index contributed by atoms with van der Waals surface area (Å²) in [7, 11) is 0. The number of anilines is 1. The van der Waals surface area contributed by atoms with Crippen molar-refractivity contribution in [2.24, 2.45) is 0 Å². The summed E-state index contributed by atoms with van der Waals surface area (Å²) < 4.78 is 2.80. The van der Waals surface area contributed by atoms with Crippen molar-refractivity contribution in [3.8, 4) is 11.4 Å². The maximum absolute atomic E-state index is 12.2. The monoisotopic (exact) mass is 383 g/mol. The van der Waals surface area contributed by atoms with Gasteiger partial charge in [0.25, 0.3) is 0 Å². The van der Waals surface area contributed by atoms with Crippen LogP contribution in [-0.2, 0) is 4.79 Å². The highest BCUT2D eigenvalue weighted by atomic mass is 79.9. The third-order valence-electron chi connectivity index (χ3n) is 4.18. The normalized spacial score (nSPS) is 16.5. The molecule has 1 atom stereocenters. The molecule has 24 heavy (non-hydrogen) atoms. The number of hydrogen-bond donors (Lipinski definition) is 2. The Morgan fingerprint density at radius 1 is 1.17 bits per heavy atom. The highest BCUT2D eigenvalue weighted by Crippen LogP contribution is 2.38. The molecule has 1 aliphatic rings. The first kappa shape index (κ1) is 15.0. The molecule has 0 bridgehead atoms. The molecule has 0 spiro atoms. The summed E-state index contributed by atoms with van der Waals surface area (Å²) in [6.45, 7) is 0. The third kappa shape index (κ3) is 2.49. The van der Waals surface area contributed by atoms with Crippen LogP contribution in [0.4, 0.5) is 5.82 Å². The zero-order chi connectivity index (χ0) is 16.7. The number of rotatable bonds is 2. The van der Waals surface area contributed by atoms with E-state index < -0.39 is 0 Å². The van der Waals surface area contributed by atoms with Gasteiger partial charge in [0.1, 0.15) is 17.9 Å². The van der Waals surface area contributed by atoms with Gasteiger partial charge in [0.15, 0.2) is 0 Å². The zero-order valence-electron chi connectivity index (χ0n) is 12.6. The van der Waals surface area contributed by atoms with Gasteiger partial charge in [-0.1, -0.05) is 24.3 Å². The molecule has 1 unspecified atom stereocenters. The molecule has 2 heterocycles. The zero-order valence-corrected chi connectivity index (χ0v) is 14.2. The van der Waals surface area contributed by atoms with Gasteiger partial charge in [0.05, 0.1) is 11.4 Å². The molecule has 0 saturated heterocycles. The fraction of sp³-hybridized carbons (Fsp3) is 0.111. The van der Waals surface area contributed by atoms with Crippen LogP contribution in [0.5, 0.6) is 5.75 Å².